The minimum absolute atomic E-state index is 0.213. The van der Waals surface area contributed by atoms with Gasteiger partial charge in [-0.25, -0.2) is 4.98 Å². The third-order valence-corrected chi connectivity index (χ3v) is 4.96. The molecule has 5 heteroatoms. The van der Waals surface area contributed by atoms with Crippen LogP contribution in [0.5, 0.6) is 5.75 Å². The lowest BCUT2D eigenvalue weighted by molar-refractivity contribution is 0.248. The molecule has 3 aromatic rings. The van der Waals surface area contributed by atoms with Gasteiger partial charge in [-0.1, -0.05) is 35.9 Å². The highest BCUT2D eigenvalue weighted by Crippen LogP contribution is 2.30. The molecule has 0 bridgehead atoms. The van der Waals surface area contributed by atoms with Crippen LogP contribution in [0.3, 0.4) is 0 Å². The Morgan fingerprint density at radius 1 is 1.19 bits per heavy atom. The van der Waals surface area contributed by atoms with Crippen molar-refractivity contribution in [3.8, 4) is 17.2 Å². The Kier molecular flexibility index (Phi) is 5.64. The number of ether oxygens (including phenoxy) is 1. The first-order valence-electron chi connectivity index (χ1n) is 8.55. The fourth-order valence-electron chi connectivity index (χ4n) is 2.85. The van der Waals surface area contributed by atoms with Crippen LogP contribution in [0, 0.1) is 6.92 Å². The van der Waals surface area contributed by atoms with Crippen LogP contribution in [-0.2, 0) is 6.54 Å². The van der Waals surface area contributed by atoms with E-state index in [9.17, 15) is 0 Å². The van der Waals surface area contributed by atoms with Crippen LogP contribution in [0.25, 0.3) is 11.5 Å². The first kappa shape index (κ1) is 18.5. The van der Waals surface area contributed by atoms with E-state index in [0.717, 1.165) is 22.8 Å². The molecule has 0 amide bonds. The quantitative estimate of drug-likeness (QED) is 0.573. The summed E-state index contributed by atoms with van der Waals surface area (Å²) in [6.45, 7) is 4.78. The number of methoxy groups -OCH3 is 1. The molecule has 2 aromatic carbocycles. The molecule has 136 valence electrons. The van der Waals surface area contributed by atoms with Crippen molar-refractivity contribution in [1.29, 1.82) is 0 Å². The number of halogens is 1. The predicted molar refractivity (Wildman–Crippen MR) is 105 cm³/mol. The average molecular weight is 371 g/mol. The van der Waals surface area contributed by atoms with Crippen molar-refractivity contribution < 1.29 is 9.15 Å². The number of aromatic nitrogens is 1. The SMILES string of the molecule is COc1cccc([C@H](C)N(C)Cc2nc(-c3ccccc3Cl)oc2C)c1. The molecule has 0 spiro atoms. The van der Waals surface area contributed by atoms with Crippen LogP contribution in [0.4, 0.5) is 0 Å². The monoisotopic (exact) mass is 370 g/mol. The molecule has 0 unspecified atom stereocenters. The summed E-state index contributed by atoms with van der Waals surface area (Å²) in [6.07, 6.45) is 0. The van der Waals surface area contributed by atoms with Crippen LogP contribution in [0.15, 0.2) is 52.9 Å². The molecule has 4 nitrogen and oxygen atoms in total. The van der Waals surface area contributed by atoms with Gasteiger partial charge in [0.1, 0.15) is 11.5 Å². The van der Waals surface area contributed by atoms with Crippen LogP contribution in [-0.4, -0.2) is 24.0 Å². The summed E-state index contributed by atoms with van der Waals surface area (Å²) in [6, 6.07) is 15.9. The van der Waals surface area contributed by atoms with Gasteiger partial charge in [0.25, 0.3) is 0 Å². The molecule has 0 radical (unpaired) electrons. The molecule has 0 fully saturated rings. The molecule has 1 heterocycles. The van der Waals surface area contributed by atoms with Crippen molar-refractivity contribution in [3.63, 3.8) is 0 Å². The van der Waals surface area contributed by atoms with E-state index in [-0.39, 0.29) is 6.04 Å². The van der Waals surface area contributed by atoms with Gasteiger partial charge < -0.3 is 9.15 Å². The standard InChI is InChI=1S/C21H23ClN2O2/c1-14(16-8-7-9-17(12-16)25-4)24(3)13-20-15(2)26-21(23-20)18-10-5-6-11-19(18)22/h5-12,14H,13H2,1-4H3/t14-/m0/s1. The largest absolute Gasteiger partial charge is 0.497 e. The average Bonchev–Trinajstić information content (AvgIpc) is 3.01. The van der Waals surface area contributed by atoms with E-state index in [2.05, 4.69) is 36.0 Å². The number of benzene rings is 2. The fourth-order valence-corrected chi connectivity index (χ4v) is 3.07. The Morgan fingerprint density at radius 3 is 2.69 bits per heavy atom. The Hall–Kier alpha value is -2.30. The minimum Gasteiger partial charge on any atom is -0.497 e. The predicted octanol–water partition coefficient (Wildman–Crippen LogP) is 5.51. The molecule has 0 aliphatic rings. The number of nitrogens with zero attached hydrogens (tertiary/aromatic N) is 2. The number of rotatable bonds is 6. The molecule has 3 rings (SSSR count). The first-order valence-corrected chi connectivity index (χ1v) is 8.92. The van der Waals surface area contributed by atoms with E-state index in [4.69, 9.17) is 20.8 Å². The van der Waals surface area contributed by atoms with Crippen molar-refractivity contribution >= 4 is 11.6 Å². The highest BCUT2D eigenvalue weighted by Gasteiger charge is 2.18. The lowest BCUT2D eigenvalue weighted by atomic mass is 10.1. The highest BCUT2D eigenvalue weighted by atomic mass is 35.5. The maximum absolute atomic E-state index is 6.26. The number of aryl methyl sites for hydroxylation is 1. The molecular formula is C21H23ClN2O2. The van der Waals surface area contributed by atoms with Crippen LogP contribution in [0.1, 0.15) is 30.0 Å². The molecule has 0 aliphatic heterocycles. The molecule has 0 saturated heterocycles. The zero-order valence-corrected chi connectivity index (χ0v) is 16.2. The van der Waals surface area contributed by atoms with Crippen LogP contribution < -0.4 is 4.74 Å². The number of hydrogen-bond acceptors (Lipinski definition) is 4. The summed E-state index contributed by atoms with van der Waals surface area (Å²) in [7, 11) is 3.76. The number of hydrogen-bond donors (Lipinski definition) is 0. The zero-order valence-electron chi connectivity index (χ0n) is 15.5. The number of oxazole rings is 1. The Morgan fingerprint density at radius 2 is 1.96 bits per heavy atom. The third-order valence-electron chi connectivity index (χ3n) is 4.63. The zero-order chi connectivity index (χ0) is 18.7. The second-order valence-corrected chi connectivity index (χ2v) is 6.78. The maximum Gasteiger partial charge on any atom is 0.228 e. The van der Waals surface area contributed by atoms with E-state index >= 15 is 0 Å². The normalized spacial score (nSPS) is 12.4. The molecule has 1 aromatic heterocycles. The Labute approximate surface area is 159 Å². The summed E-state index contributed by atoms with van der Waals surface area (Å²) in [5, 5.41) is 0.637. The molecule has 0 N–H and O–H groups in total. The lowest BCUT2D eigenvalue weighted by Gasteiger charge is -2.24. The Balaban J connectivity index is 1.79. The van der Waals surface area contributed by atoms with Crippen LogP contribution in [0.2, 0.25) is 5.02 Å². The van der Waals surface area contributed by atoms with Crippen molar-refractivity contribution in [2.45, 2.75) is 26.4 Å². The van der Waals surface area contributed by atoms with E-state index in [0.29, 0.717) is 17.5 Å². The summed E-state index contributed by atoms with van der Waals surface area (Å²) >= 11 is 6.26. The summed E-state index contributed by atoms with van der Waals surface area (Å²) in [5.74, 6) is 2.23. The molecule has 0 aliphatic carbocycles. The van der Waals surface area contributed by atoms with Gasteiger partial charge in [-0.15, -0.1) is 0 Å². The van der Waals surface area contributed by atoms with Crippen molar-refractivity contribution in [2.75, 3.05) is 14.2 Å². The van der Waals surface area contributed by atoms with E-state index < -0.39 is 0 Å². The maximum atomic E-state index is 6.26. The van der Waals surface area contributed by atoms with Crippen molar-refractivity contribution in [3.05, 3.63) is 70.6 Å². The molecule has 26 heavy (non-hydrogen) atoms. The van der Waals surface area contributed by atoms with Gasteiger partial charge >= 0.3 is 0 Å². The summed E-state index contributed by atoms with van der Waals surface area (Å²) in [4.78, 5) is 6.91. The smallest absolute Gasteiger partial charge is 0.228 e. The third kappa shape index (κ3) is 3.92. The lowest BCUT2D eigenvalue weighted by Crippen LogP contribution is -2.22. The van der Waals surface area contributed by atoms with Crippen LogP contribution >= 0.6 is 11.6 Å². The topological polar surface area (TPSA) is 38.5 Å². The van der Waals surface area contributed by atoms with Crippen molar-refractivity contribution in [1.82, 2.24) is 9.88 Å². The van der Waals surface area contributed by atoms with Gasteiger partial charge in [0.2, 0.25) is 5.89 Å². The molecule has 1 atom stereocenters. The van der Waals surface area contributed by atoms with Gasteiger partial charge in [-0.2, -0.15) is 0 Å². The molecule has 0 saturated carbocycles. The van der Waals surface area contributed by atoms with Gasteiger partial charge in [0, 0.05) is 12.6 Å². The van der Waals surface area contributed by atoms with Crippen molar-refractivity contribution in [2.24, 2.45) is 0 Å². The summed E-state index contributed by atoms with van der Waals surface area (Å²) in [5.41, 5.74) is 2.92. The highest BCUT2D eigenvalue weighted by molar-refractivity contribution is 6.33. The van der Waals surface area contributed by atoms with Gasteiger partial charge in [0.05, 0.1) is 23.4 Å². The van der Waals surface area contributed by atoms with E-state index in [1.54, 1.807) is 7.11 Å². The summed E-state index contributed by atoms with van der Waals surface area (Å²) < 4.78 is 11.2. The Bertz CT molecular complexity index is 891. The fraction of sp³-hybridized carbons (Fsp3) is 0.286. The van der Waals surface area contributed by atoms with Gasteiger partial charge in [-0.05, 0) is 50.7 Å². The van der Waals surface area contributed by atoms with E-state index in [1.807, 2.05) is 43.3 Å². The second kappa shape index (κ2) is 7.94. The minimum atomic E-state index is 0.213. The van der Waals surface area contributed by atoms with E-state index in [1.165, 1.54) is 5.56 Å². The first-order chi connectivity index (χ1) is 12.5. The van der Waals surface area contributed by atoms with Gasteiger partial charge in [0.15, 0.2) is 0 Å². The van der Waals surface area contributed by atoms with Gasteiger partial charge in [-0.3, -0.25) is 4.90 Å². The molecular weight excluding hydrogens is 348 g/mol. The second-order valence-electron chi connectivity index (χ2n) is 6.37.